The van der Waals surface area contributed by atoms with E-state index in [0.29, 0.717) is 0 Å². The molecule has 0 aromatic heterocycles. The van der Waals surface area contributed by atoms with Gasteiger partial charge in [-0.1, -0.05) is 18.8 Å². The van der Waals surface area contributed by atoms with E-state index in [2.05, 4.69) is 31.7 Å². The minimum atomic E-state index is -1.40. The highest BCUT2D eigenvalue weighted by molar-refractivity contribution is 7.21. The number of halogens is 1. The highest BCUT2D eigenvalue weighted by Crippen LogP contribution is 2.06. The summed E-state index contributed by atoms with van der Waals surface area (Å²) < 4.78 is 3.86. The molecule has 0 aliphatic rings. The normalized spacial score (nSPS) is 9.44. The van der Waals surface area contributed by atoms with E-state index in [1.165, 1.54) is 0 Å². The molecule has 0 aromatic rings. The molecule has 0 aliphatic heterocycles. The van der Waals surface area contributed by atoms with Crippen LogP contribution in [0.2, 0.25) is 13.1 Å². The molecule has 0 saturated heterocycles. The lowest BCUT2D eigenvalue weighted by Gasteiger charge is -2.00. The van der Waals surface area contributed by atoms with Gasteiger partial charge in [-0.3, -0.25) is 0 Å². The molecule has 0 rings (SSSR count). The van der Waals surface area contributed by atoms with Gasteiger partial charge in [-0.15, -0.1) is 6.58 Å². The molecule has 0 amide bonds. The van der Waals surface area contributed by atoms with Crippen molar-refractivity contribution in [2.24, 2.45) is 0 Å². The monoisotopic (exact) mass is 192 g/mol. The fraction of sp³-hybridized carbons (Fsp3) is 0.500. The summed E-state index contributed by atoms with van der Waals surface area (Å²) in [6, 6.07) is 0. The van der Waals surface area contributed by atoms with Gasteiger partial charge in [0.15, 0.2) is 7.38 Å². The van der Waals surface area contributed by atoms with Crippen LogP contribution >= 0.6 is 11.1 Å². The van der Waals surface area contributed by atoms with Gasteiger partial charge in [-0.2, -0.15) is 11.1 Å². The zero-order chi connectivity index (χ0) is 7.91. The molecule has 6 radical (unpaired) electrons. The molecule has 50 valence electrons. The molecule has 0 spiro atoms. The van der Waals surface area contributed by atoms with Crippen molar-refractivity contribution >= 4 is 39.4 Å². The van der Waals surface area contributed by atoms with E-state index in [9.17, 15) is 0 Å². The first-order chi connectivity index (χ1) is 3.97. The molecule has 9 heavy (non-hydrogen) atoms. The van der Waals surface area contributed by atoms with Crippen molar-refractivity contribution in [1.29, 1.82) is 0 Å². The standard InChI is InChI=1S/C4H9ClSi.OSi2/c1-4-6(2,3)5;2-1-3/h4H,1H2,2-3H3;. The molecule has 0 unspecified atom stereocenters. The van der Waals surface area contributed by atoms with Gasteiger partial charge in [0.05, 0.1) is 0 Å². The molecule has 0 aliphatic carbocycles. The molecule has 0 aromatic carbocycles. The molecule has 5 heteroatoms. The van der Waals surface area contributed by atoms with Gasteiger partial charge < -0.3 is 4.12 Å². The Balaban J connectivity index is 0. The molecule has 0 saturated carbocycles. The highest BCUT2D eigenvalue weighted by Gasteiger charge is 2.08. The molecule has 0 atom stereocenters. The third-order valence-corrected chi connectivity index (χ3v) is 1.92. The lowest BCUT2D eigenvalue weighted by Crippen LogP contribution is -2.10. The minimum absolute atomic E-state index is 1.40. The second kappa shape index (κ2) is 6.76. The Morgan fingerprint density at radius 2 is 1.67 bits per heavy atom. The molecule has 0 fully saturated rings. The van der Waals surface area contributed by atoms with E-state index in [1.807, 2.05) is 18.8 Å². The predicted octanol–water partition coefficient (Wildman–Crippen LogP) is 1.33. The number of hydrogen-bond acceptors (Lipinski definition) is 1. The molecule has 0 heterocycles. The SMILES string of the molecule is C=C[Si](C)(C)Cl.[Si]O[Si]. The van der Waals surface area contributed by atoms with Crippen LogP contribution in [0.3, 0.4) is 0 Å². The van der Waals surface area contributed by atoms with Crippen molar-refractivity contribution in [1.82, 2.24) is 0 Å². The lowest BCUT2D eigenvalue weighted by molar-refractivity contribution is 0.690. The Morgan fingerprint density at radius 1 is 1.56 bits per heavy atom. The fourth-order valence-electron chi connectivity index (χ4n) is 0. The molecule has 0 bridgehead atoms. The summed E-state index contributed by atoms with van der Waals surface area (Å²) in [4.78, 5) is 0. The molecular weight excluding hydrogens is 184 g/mol. The van der Waals surface area contributed by atoms with Crippen LogP contribution in [0.25, 0.3) is 0 Å². The van der Waals surface area contributed by atoms with Gasteiger partial charge in [0.25, 0.3) is 0 Å². The van der Waals surface area contributed by atoms with Crippen molar-refractivity contribution in [2.75, 3.05) is 0 Å². The van der Waals surface area contributed by atoms with Gasteiger partial charge in [0.2, 0.25) is 21.0 Å². The third-order valence-electron chi connectivity index (χ3n) is 0.485. The second-order valence-electron chi connectivity index (χ2n) is 1.87. The van der Waals surface area contributed by atoms with Crippen LogP contribution in [0.4, 0.5) is 0 Å². The zero-order valence-electron chi connectivity index (χ0n) is 5.57. The maximum absolute atomic E-state index is 5.74. The van der Waals surface area contributed by atoms with E-state index < -0.39 is 7.38 Å². The van der Waals surface area contributed by atoms with Crippen LogP contribution in [0.15, 0.2) is 12.3 Å². The van der Waals surface area contributed by atoms with Crippen molar-refractivity contribution in [3.05, 3.63) is 12.3 Å². The van der Waals surface area contributed by atoms with Crippen LogP contribution < -0.4 is 0 Å². The smallest absolute Gasteiger partial charge is 0.229 e. The maximum Gasteiger partial charge on any atom is 0.229 e. The third kappa shape index (κ3) is 28.7. The second-order valence-corrected chi connectivity index (χ2v) is 9.15. The fourth-order valence-corrected chi connectivity index (χ4v) is 0. The Bertz CT molecular complexity index is 70.7. The summed E-state index contributed by atoms with van der Waals surface area (Å²) in [5.41, 5.74) is 1.84. The first-order valence-electron chi connectivity index (χ1n) is 2.29. The predicted molar refractivity (Wildman–Crippen MR) is 46.1 cm³/mol. The average molecular weight is 193 g/mol. The summed E-state index contributed by atoms with van der Waals surface area (Å²) in [6.07, 6.45) is 0. The summed E-state index contributed by atoms with van der Waals surface area (Å²) in [7, 11) is 3.80. The summed E-state index contributed by atoms with van der Waals surface area (Å²) in [5.74, 6) is 0. The molecular formula is C4H9ClOSi3. The first kappa shape index (κ1) is 12.3. The van der Waals surface area contributed by atoms with E-state index in [1.54, 1.807) is 0 Å². The van der Waals surface area contributed by atoms with Crippen LogP contribution in [-0.2, 0) is 4.12 Å². The molecule has 0 N–H and O–H groups in total. The quantitative estimate of drug-likeness (QED) is 0.450. The Kier molecular flexibility index (Phi) is 9.26. The van der Waals surface area contributed by atoms with Crippen LogP contribution in [0.5, 0.6) is 0 Å². The van der Waals surface area contributed by atoms with Gasteiger partial charge in [-0.05, 0) is 0 Å². The van der Waals surface area contributed by atoms with Gasteiger partial charge in [0, 0.05) is 0 Å². The summed E-state index contributed by atoms with van der Waals surface area (Å²) in [6.45, 7) is 7.62. The Labute approximate surface area is 69.2 Å². The minimum Gasteiger partial charge on any atom is -0.458 e. The van der Waals surface area contributed by atoms with E-state index in [0.717, 1.165) is 0 Å². The zero-order valence-corrected chi connectivity index (χ0v) is 9.33. The van der Waals surface area contributed by atoms with Crippen molar-refractivity contribution < 1.29 is 4.12 Å². The largest absolute Gasteiger partial charge is 0.458 e. The van der Waals surface area contributed by atoms with E-state index in [4.69, 9.17) is 11.1 Å². The van der Waals surface area contributed by atoms with Crippen LogP contribution in [0, 0.1) is 0 Å². The number of hydrogen-bond donors (Lipinski definition) is 0. The van der Waals surface area contributed by atoms with Crippen molar-refractivity contribution in [3.8, 4) is 0 Å². The van der Waals surface area contributed by atoms with Gasteiger partial charge in [0.1, 0.15) is 0 Å². The first-order valence-corrected chi connectivity index (χ1v) is 7.20. The van der Waals surface area contributed by atoms with Gasteiger partial charge in [-0.25, -0.2) is 0 Å². The lowest BCUT2D eigenvalue weighted by atomic mass is 11.3. The maximum atomic E-state index is 5.74. The van der Waals surface area contributed by atoms with Crippen molar-refractivity contribution in [3.63, 3.8) is 0 Å². The van der Waals surface area contributed by atoms with Crippen LogP contribution in [-0.4, -0.2) is 28.4 Å². The highest BCUT2D eigenvalue weighted by atomic mass is 35.6. The molecule has 1 nitrogen and oxygen atoms in total. The topological polar surface area (TPSA) is 9.23 Å². The van der Waals surface area contributed by atoms with Crippen LogP contribution in [0.1, 0.15) is 0 Å². The summed E-state index contributed by atoms with van der Waals surface area (Å²) >= 11 is 5.74. The van der Waals surface area contributed by atoms with Crippen molar-refractivity contribution in [2.45, 2.75) is 13.1 Å². The van der Waals surface area contributed by atoms with E-state index in [-0.39, 0.29) is 0 Å². The van der Waals surface area contributed by atoms with E-state index >= 15 is 0 Å². The average Bonchev–Trinajstić information content (AvgIpc) is 1.67. The Morgan fingerprint density at radius 3 is 1.67 bits per heavy atom. The van der Waals surface area contributed by atoms with Gasteiger partial charge >= 0.3 is 0 Å². The Hall–Kier alpha value is 0.641. The summed E-state index contributed by atoms with van der Waals surface area (Å²) in [5, 5.41) is 0. The number of rotatable bonds is 1.